The van der Waals surface area contributed by atoms with Crippen molar-refractivity contribution in [3.05, 3.63) is 29.8 Å². The summed E-state index contributed by atoms with van der Waals surface area (Å²) in [5.74, 6) is 2.63. The molecule has 2 nitrogen and oxygen atoms in total. The fourth-order valence-electron chi connectivity index (χ4n) is 6.10. The summed E-state index contributed by atoms with van der Waals surface area (Å²) in [6, 6.07) is 7.76. The molecule has 4 fully saturated rings. The van der Waals surface area contributed by atoms with E-state index in [-0.39, 0.29) is 5.41 Å². The van der Waals surface area contributed by atoms with Gasteiger partial charge in [-0.15, -0.1) is 0 Å². The Labute approximate surface area is 126 Å². The number of Topliss-reactive ketones (excluding diaryl/α,β-unsaturated/α-hetero) is 1. The maximum absolute atomic E-state index is 13.3. The second-order valence-corrected chi connectivity index (χ2v) is 8.08. The van der Waals surface area contributed by atoms with Crippen LogP contribution in [0.25, 0.3) is 0 Å². The van der Waals surface area contributed by atoms with Crippen LogP contribution in [0.5, 0.6) is 5.75 Å². The first-order chi connectivity index (χ1) is 10.0. The van der Waals surface area contributed by atoms with Crippen LogP contribution in [0, 0.1) is 22.7 Å². The van der Waals surface area contributed by atoms with Crippen LogP contribution in [0.1, 0.15) is 55.8 Å². The summed E-state index contributed by atoms with van der Waals surface area (Å²) in [5.41, 5.74) is 1.10. The number of hydrogen-bond donors (Lipinski definition) is 0. The van der Waals surface area contributed by atoms with Gasteiger partial charge in [0.25, 0.3) is 0 Å². The average molecular weight is 284 g/mol. The molecular formula is C19H24O2. The zero-order valence-electron chi connectivity index (χ0n) is 13.0. The van der Waals surface area contributed by atoms with Crippen LogP contribution in [-0.4, -0.2) is 12.9 Å². The third-order valence-corrected chi connectivity index (χ3v) is 6.19. The van der Waals surface area contributed by atoms with E-state index in [9.17, 15) is 4.79 Å². The topological polar surface area (TPSA) is 26.3 Å². The quantitative estimate of drug-likeness (QED) is 0.765. The maximum Gasteiger partial charge on any atom is 0.172 e. The molecule has 0 N–H and O–H groups in total. The van der Waals surface area contributed by atoms with E-state index in [0.29, 0.717) is 11.2 Å². The highest BCUT2D eigenvalue weighted by Gasteiger charge is 2.58. The second kappa shape index (κ2) is 4.34. The largest absolute Gasteiger partial charge is 0.496 e. The van der Waals surface area contributed by atoms with E-state index in [2.05, 4.69) is 6.92 Å². The highest BCUT2D eigenvalue weighted by molar-refractivity contribution is 6.03. The Kier molecular flexibility index (Phi) is 2.76. The van der Waals surface area contributed by atoms with Crippen molar-refractivity contribution in [2.45, 2.75) is 45.4 Å². The number of benzene rings is 1. The van der Waals surface area contributed by atoms with E-state index < -0.39 is 0 Å². The van der Waals surface area contributed by atoms with Crippen LogP contribution in [-0.2, 0) is 0 Å². The molecule has 4 aliphatic rings. The fraction of sp³-hybridized carbons (Fsp3) is 0.632. The maximum atomic E-state index is 13.3. The van der Waals surface area contributed by atoms with E-state index in [4.69, 9.17) is 4.74 Å². The zero-order chi connectivity index (χ0) is 14.7. The Hall–Kier alpha value is -1.31. The van der Waals surface area contributed by atoms with Gasteiger partial charge in [-0.1, -0.05) is 19.1 Å². The first-order valence-electron chi connectivity index (χ1n) is 8.21. The first-order valence-corrected chi connectivity index (χ1v) is 8.21. The lowest BCUT2D eigenvalue weighted by molar-refractivity contribution is -0.0821. The van der Waals surface area contributed by atoms with Crippen molar-refractivity contribution in [1.29, 1.82) is 0 Å². The van der Waals surface area contributed by atoms with Crippen molar-refractivity contribution in [2.24, 2.45) is 22.7 Å². The van der Waals surface area contributed by atoms with Crippen LogP contribution >= 0.6 is 0 Å². The Bertz CT molecular complexity index is 575. The normalized spacial score (nSPS) is 40.3. The standard InChI is InChI=1S/C19H24O2/c1-18-8-13-7-14(9-18)11-19(10-13,12-18)17(20)15-5-3-4-6-16(15)21-2/h3-6,13-14H,7-12H2,1-2H3. The Morgan fingerprint density at radius 3 is 2.43 bits per heavy atom. The smallest absolute Gasteiger partial charge is 0.172 e. The Morgan fingerprint density at radius 2 is 1.81 bits per heavy atom. The fourth-order valence-corrected chi connectivity index (χ4v) is 6.10. The molecule has 4 aliphatic carbocycles. The number of methoxy groups -OCH3 is 1. The van der Waals surface area contributed by atoms with Gasteiger partial charge >= 0.3 is 0 Å². The van der Waals surface area contributed by atoms with Gasteiger partial charge in [0, 0.05) is 5.41 Å². The van der Waals surface area contributed by atoms with E-state index >= 15 is 0 Å². The molecule has 21 heavy (non-hydrogen) atoms. The number of carbonyl (C=O) groups excluding carboxylic acids is 1. The zero-order valence-corrected chi connectivity index (χ0v) is 13.0. The number of ketones is 1. The molecule has 4 bridgehead atoms. The third-order valence-electron chi connectivity index (χ3n) is 6.19. The van der Waals surface area contributed by atoms with Crippen LogP contribution in [0.2, 0.25) is 0 Å². The van der Waals surface area contributed by atoms with E-state index in [0.717, 1.165) is 42.4 Å². The van der Waals surface area contributed by atoms with Gasteiger partial charge in [0.05, 0.1) is 12.7 Å². The molecule has 0 saturated heterocycles. The highest BCUT2D eigenvalue weighted by Crippen LogP contribution is 2.66. The van der Waals surface area contributed by atoms with Crippen LogP contribution in [0.15, 0.2) is 24.3 Å². The first kappa shape index (κ1) is 13.4. The SMILES string of the molecule is COc1ccccc1C(=O)C12CC3CC(CC(C)(C3)C1)C2. The lowest BCUT2D eigenvalue weighted by atomic mass is 9.43. The summed E-state index contributed by atoms with van der Waals surface area (Å²) in [6.07, 6.45) is 7.33. The van der Waals surface area contributed by atoms with Gasteiger partial charge in [-0.05, 0) is 67.9 Å². The number of hydrogen-bond acceptors (Lipinski definition) is 2. The van der Waals surface area contributed by atoms with Gasteiger partial charge in [0.15, 0.2) is 5.78 Å². The molecular weight excluding hydrogens is 260 g/mol. The van der Waals surface area contributed by atoms with Gasteiger partial charge in [-0.2, -0.15) is 0 Å². The Morgan fingerprint density at radius 1 is 1.14 bits per heavy atom. The van der Waals surface area contributed by atoms with Crippen LogP contribution in [0.4, 0.5) is 0 Å². The minimum absolute atomic E-state index is 0.104. The number of rotatable bonds is 3. The molecule has 1 aromatic carbocycles. The van der Waals surface area contributed by atoms with E-state index in [1.165, 1.54) is 19.3 Å². The molecule has 0 amide bonds. The van der Waals surface area contributed by atoms with E-state index in [1.807, 2.05) is 24.3 Å². The van der Waals surface area contributed by atoms with Crippen molar-refractivity contribution in [3.8, 4) is 5.75 Å². The van der Waals surface area contributed by atoms with Gasteiger partial charge < -0.3 is 4.74 Å². The van der Waals surface area contributed by atoms with Gasteiger partial charge in [0.2, 0.25) is 0 Å². The lowest BCUT2D eigenvalue weighted by Gasteiger charge is -2.60. The van der Waals surface area contributed by atoms with Crippen LogP contribution < -0.4 is 4.74 Å². The molecule has 2 heteroatoms. The molecule has 0 heterocycles. The lowest BCUT2D eigenvalue weighted by Crippen LogP contribution is -2.54. The minimum atomic E-state index is -0.104. The second-order valence-electron chi connectivity index (χ2n) is 8.08. The molecule has 1 aromatic rings. The molecule has 0 aromatic heterocycles. The molecule has 112 valence electrons. The van der Waals surface area contributed by atoms with Gasteiger partial charge in [-0.25, -0.2) is 0 Å². The molecule has 0 aliphatic heterocycles. The summed E-state index contributed by atoms with van der Waals surface area (Å²) in [7, 11) is 1.66. The Balaban J connectivity index is 1.74. The van der Waals surface area contributed by atoms with Crippen molar-refractivity contribution in [1.82, 2.24) is 0 Å². The predicted octanol–water partition coefficient (Wildman–Crippen LogP) is 4.48. The monoisotopic (exact) mass is 284 g/mol. The molecule has 2 atom stereocenters. The minimum Gasteiger partial charge on any atom is -0.496 e. The molecule has 0 spiro atoms. The van der Waals surface area contributed by atoms with Crippen molar-refractivity contribution in [2.75, 3.05) is 7.11 Å². The van der Waals surface area contributed by atoms with Crippen molar-refractivity contribution in [3.63, 3.8) is 0 Å². The van der Waals surface area contributed by atoms with Crippen molar-refractivity contribution >= 4 is 5.78 Å². The molecule has 4 saturated carbocycles. The summed E-state index contributed by atoms with van der Waals surface area (Å²) in [6.45, 7) is 2.41. The van der Waals surface area contributed by atoms with Crippen molar-refractivity contribution < 1.29 is 9.53 Å². The van der Waals surface area contributed by atoms with E-state index in [1.54, 1.807) is 7.11 Å². The number of para-hydroxylation sites is 1. The predicted molar refractivity (Wildman–Crippen MR) is 82.5 cm³/mol. The number of carbonyl (C=O) groups is 1. The molecule has 0 radical (unpaired) electrons. The molecule has 2 unspecified atom stereocenters. The summed E-state index contributed by atoms with van der Waals surface area (Å²) < 4.78 is 5.43. The summed E-state index contributed by atoms with van der Waals surface area (Å²) >= 11 is 0. The molecule has 5 rings (SSSR count). The van der Waals surface area contributed by atoms with Crippen LogP contribution in [0.3, 0.4) is 0 Å². The summed E-state index contributed by atoms with van der Waals surface area (Å²) in [4.78, 5) is 13.3. The number of ether oxygens (including phenoxy) is 1. The van der Waals surface area contributed by atoms with Gasteiger partial charge in [-0.3, -0.25) is 4.79 Å². The summed E-state index contributed by atoms with van der Waals surface area (Å²) in [5, 5.41) is 0. The highest BCUT2D eigenvalue weighted by atomic mass is 16.5. The van der Waals surface area contributed by atoms with Gasteiger partial charge in [0.1, 0.15) is 5.75 Å². The third kappa shape index (κ3) is 1.95. The average Bonchev–Trinajstić information content (AvgIpc) is 2.44.